The Morgan fingerprint density at radius 3 is 3.00 bits per heavy atom. The first-order valence-corrected chi connectivity index (χ1v) is 6.10. The molecule has 96 valence electrons. The zero-order valence-electron chi connectivity index (χ0n) is 10.1. The standard InChI is InChI=1S/C14H12ClN3O/c15-14-13(5-2-7-17-14)18-10-11-3-1-4-12(9-11)19-8-6-16/h1-5,7,9,18H,8,10H2. The van der Waals surface area contributed by atoms with E-state index < -0.39 is 0 Å². The Balaban J connectivity index is 2.00. The van der Waals surface area contributed by atoms with E-state index in [1.165, 1.54) is 0 Å². The Morgan fingerprint density at radius 1 is 1.32 bits per heavy atom. The monoisotopic (exact) mass is 273 g/mol. The van der Waals surface area contributed by atoms with Crippen LogP contribution in [0.15, 0.2) is 42.6 Å². The summed E-state index contributed by atoms with van der Waals surface area (Å²) in [5.74, 6) is 0.679. The smallest absolute Gasteiger partial charge is 0.174 e. The quantitative estimate of drug-likeness (QED) is 0.850. The number of aromatic nitrogens is 1. The van der Waals surface area contributed by atoms with E-state index in [0.29, 0.717) is 17.4 Å². The maximum absolute atomic E-state index is 8.47. The van der Waals surface area contributed by atoms with Gasteiger partial charge in [0.25, 0.3) is 0 Å². The fourth-order valence-corrected chi connectivity index (χ4v) is 1.76. The van der Waals surface area contributed by atoms with Crippen molar-refractivity contribution in [1.82, 2.24) is 4.98 Å². The Morgan fingerprint density at radius 2 is 2.21 bits per heavy atom. The normalized spacial score (nSPS) is 9.68. The van der Waals surface area contributed by atoms with Crippen LogP contribution >= 0.6 is 11.6 Å². The van der Waals surface area contributed by atoms with Gasteiger partial charge in [-0.25, -0.2) is 4.98 Å². The molecule has 0 spiro atoms. The lowest BCUT2D eigenvalue weighted by Crippen LogP contribution is -2.01. The third-order valence-corrected chi connectivity index (χ3v) is 2.75. The van der Waals surface area contributed by atoms with Crippen molar-refractivity contribution < 1.29 is 4.74 Å². The van der Waals surface area contributed by atoms with Crippen LogP contribution < -0.4 is 10.1 Å². The largest absolute Gasteiger partial charge is 0.479 e. The highest BCUT2D eigenvalue weighted by Crippen LogP contribution is 2.19. The van der Waals surface area contributed by atoms with Crippen LogP contribution in [0.1, 0.15) is 5.56 Å². The molecule has 0 bridgehead atoms. The van der Waals surface area contributed by atoms with Gasteiger partial charge in [-0.3, -0.25) is 0 Å². The summed E-state index contributed by atoms with van der Waals surface area (Å²) in [5.41, 5.74) is 1.82. The van der Waals surface area contributed by atoms with E-state index in [-0.39, 0.29) is 6.61 Å². The van der Waals surface area contributed by atoms with Gasteiger partial charge in [0.15, 0.2) is 11.8 Å². The second-order valence-corrected chi connectivity index (χ2v) is 4.15. The van der Waals surface area contributed by atoms with Gasteiger partial charge in [0.1, 0.15) is 11.8 Å². The van der Waals surface area contributed by atoms with Crippen molar-refractivity contribution in [2.45, 2.75) is 6.54 Å². The van der Waals surface area contributed by atoms with Gasteiger partial charge >= 0.3 is 0 Å². The molecule has 0 fully saturated rings. The average molecular weight is 274 g/mol. The number of nitrogens with one attached hydrogen (secondary N) is 1. The second-order valence-electron chi connectivity index (χ2n) is 3.79. The summed E-state index contributed by atoms with van der Waals surface area (Å²) in [4.78, 5) is 3.99. The summed E-state index contributed by atoms with van der Waals surface area (Å²) in [6.07, 6.45) is 1.64. The third-order valence-electron chi connectivity index (χ3n) is 2.44. The molecular weight excluding hydrogens is 262 g/mol. The predicted octanol–water partition coefficient (Wildman–Crippen LogP) is 3.25. The van der Waals surface area contributed by atoms with Crippen LogP contribution in [0.2, 0.25) is 5.15 Å². The Labute approximate surface area is 116 Å². The lowest BCUT2D eigenvalue weighted by molar-refractivity contribution is 0.368. The minimum absolute atomic E-state index is 0.0469. The van der Waals surface area contributed by atoms with Crippen molar-refractivity contribution in [1.29, 1.82) is 5.26 Å². The van der Waals surface area contributed by atoms with E-state index in [1.807, 2.05) is 42.5 Å². The predicted molar refractivity (Wildman–Crippen MR) is 74.1 cm³/mol. The number of hydrogen-bond donors (Lipinski definition) is 1. The van der Waals surface area contributed by atoms with Crippen molar-refractivity contribution in [3.05, 3.63) is 53.3 Å². The molecule has 19 heavy (non-hydrogen) atoms. The van der Waals surface area contributed by atoms with Crippen molar-refractivity contribution in [2.75, 3.05) is 11.9 Å². The summed E-state index contributed by atoms with van der Waals surface area (Å²) in [6, 6.07) is 13.2. The van der Waals surface area contributed by atoms with Crippen molar-refractivity contribution in [2.24, 2.45) is 0 Å². The molecule has 5 heteroatoms. The maximum atomic E-state index is 8.47. The highest BCUT2D eigenvalue weighted by Gasteiger charge is 2.01. The molecule has 0 saturated carbocycles. The maximum Gasteiger partial charge on any atom is 0.174 e. The summed E-state index contributed by atoms with van der Waals surface area (Å²) in [5, 5.41) is 12.1. The minimum Gasteiger partial charge on any atom is -0.479 e. The van der Waals surface area contributed by atoms with Crippen LogP contribution in [0.5, 0.6) is 5.75 Å². The van der Waals surface area contributed by atoms with Crippen LogP contribution in [-0.2, 0) is 6.54 Å². The molecule has 0 aliphatic carbocycles. The fraction of sp³-hybridized carbons (Fsp3) is 0.143. The molecule has 0 aliphatic rings. The molecule has 1 aromatic heterocycles. The van der Waals surface area contributed by atoms with Crippen LogP contribution in [0.3, 0.4) is 0 Å². The molecule has 0 saturated heterocycles. The molecule has 2 aromatic rings. The van der Waals surface area contributed by atoms with Gasteiger partial charge in [-0.1, -0.05) is 23.7 Å². The van der Waals surface area contributed by atoms with E-state index in [1.54, 1.807) is 6.20 Å². The van der Waals surface area contributed by atoms with Crippen LogP contribution in [0, 0.1) is 11.3 Å². The van der Waals surface area contributed by atoms with Gasteiger partial charge in [-0.2, -0.15) is 5.26 Å². The molecule has 2 rings (SSSR count). The minimum atomic E-state index is 0.0469. The van der Waals surface area contributed by atoms with E-state index >= 15 is 0 Å². The van der Waals surface area contributed by atoms with Gasteiger partial charge in [0, 0.05) is 12.7 Å². The summed E-state index contributed by atoms with van der Waals surface area (Å²) in [6.45, 7) is 0.653. The summed E-state index contributed by atoms with van der Waals surface area (Å²) < 4.78 is 5.24. The van der Waals surface area contributed by atoms with E-state index in [2.05, 4.69) is 10.3 Å². The number of benzene rings is 1. The number of nitrogens with zero attached hydrogens (tertiary/aromatic N) is 2. The third kappa shape index (κ3) is 3.87. The van der Waals surface area contributed by atoms with Gasteiger partial charge < -0.3 is 10.1 Å². The molecule has 1 heterocycles. The van der Waals surface area contributed by atoms with Gasteiger partial charge in [-0.15, -0.1) is 0 Å². The lowest BCUT2D eigenvalue weighted by Gasteiger charge is -2.09. The number of pyridine rings is 1. The number of halogens is 1. The Bertz CT molecular complexity index is 595. The van der Waals surface area contributed by atoms with Gasteiger partial charge in [0.2, 0.25) is 0 Å². The number of hydrogen-bond acceptors (Lipinski definition) is 4. The Kier molecular flexibility index (Phi) is 4.60. The number of rotatable bonds is 5. The van der Waals surface area contributed by atoms with Gasteiger partial charge in [0.05, 0.1) is 5.69 Å². The number of anilines is 1. The summed E-state index contributed by atoms with van der Waals surface area (Å²) in [7, 11) is 0. The number of ether oxygens (including phenoxy) is 1. The van der Waals surface area contributed by atoms with E-state index in [4.69, 9.17) is 21.6 Å². The van der Waals surface area contributed by atoms with Crippen LogP contribution in [-0.4, -0.2) is 11.6 Å². The highest BCUT2D eigenvalue weighted by atomic mass is 35.5. The second kappa shape index (κ2) is 6.62. The average Bonchev–Trinajstić information content (AvgIpc) is 2.45. The highest BCUT2D eigenvalue weighted by molar-refractivity contribution is 6.31. The molecule has 0 amide bonds. The zero-order chi connectivity index (χ0) is 13.5. The first kappa shape index (κ1) is 13.2. The van der Waals surface area contributed by atoms with E-state index in [9.17, 15) is 0 Å². The molecule has 0 atom stereocenters. The first-order valence-electron chi connectivity index (χ1n) is 5.72. The first-order chi connectivity index (χ1) is 9.29. The summed E-state index contributed by atoms with van der Waals surface area (Å²) >= 11 is 5.96. The lowest BCUT2D eigenvalue weighted by atomic mass is 10.2. The van der Waals surface area contributed by atoms with Gasteiger partial charge in [-0.05, 0) is 29.8 Å². The molecule has 0 radical (unpaired) electrons. The molecule has 4 nitrogen and oxygen atoms in total. The topological polar surface area (TPSA) is 57.9 Å². The Hall–Kier alpha value is -2.25. The van der Waals surface area contributed by atoms with Crippen molar-refractivity contribution in [3.63, 3.8) is 0 Å². The molecular formula is C14H12ClN3O. The van der Waals surface area contributed by atoms with Crippen LogP contribution in [0.25, 0.3) is 0 Å². The molecule has 0 aliphatic heterocycles. The van der Waals surface area contributed by atoms with Crippen molar-refractivity contribution in [3.8, 4) is 11.8 Å². The SMILES string of the molecule is N#CCOc1cccc(CNc2cccnc2Cl)c1. The van der Waals surface area contributed by atoms with Crippen LogP contribution in [0.4, 0.5) is 5.69 Å². The van der Waals surface area contributed by atoms with E-state index in [0.717, 1.165) is 11.3 Å². The zero-order valence-corrected chi connectivity index (χ0v) is 10.9. The number of nitriles is 1. The molecule has 1 aromatic carbocycles. The molecule has 0 unspecified atom stereocenters. The molecule has 1 N–H and O–H groups in total. The fourth-order valence-electron chi connectivity index (χ4n) is 1.58. The van der Waals surface area contributed by atoms with Crippen molar-refractivity contribution >= 4 is 17.3 Å².